The van der Waals surface area contributed by atoms with Crippen molar-refractivity contribution in [1.82, 2.24) is 0 Å². The summed E-state index contributed by atoms with van der Waals surface area (Å²) in [4.78, 5) is 1.60. The molecule has 1 saturated heterocycles. The fourth-order valence-electron chi connectivity index (χ4n) is 1.84. The Morgan fingerprint density at radius 1 is 1.62 bits per heavy atom. The molecule has 0 aromatic carbocycles. The van der Waals surface area contributed by atoms with E-state index in [0.29, 0.717) is 5.92 Å². The summed E-state index contributed by atoms with van der Waals surface area (Å²) >= 11 is 2.40. The van der Waals surface area contributed by atoms with Gasteiger partial charge in [-0.15, -0.1) is 0 Å². The van der Waals surface area contributed by atoms with Crippen molar-refractivity contribution < 1.29 is 34.0 Å². The number of aliphatic hydroxyl groups is 1. The maximum Gasteiger partial charge on any atom is 0.110 e. The van der Waals surface area contributed by atoms with Crippen LogP contribution in [0.15, 0.2) is 0 Å². The van der Waals surface area contributed by atoms with Crippen LogP contribution < -0.4 is 34.6 Å². The molecular weight excluding hydrogens is 394 g/mol. The summed E-state index contributed by atoms with van der Waals surface area (Å²) in [5.74, 6) is 0.330. The van der Waals surface area contributed by atoms with E-state index in [4.69, 9.17) is 5.73 Å². The fraction of sp³-hybridized carbons (Fsp3) is 1.00. The summed E-state index contributed by atoms with van der Waals surface area (Å²) in [5.41, 5.74) is 5.47. The largest absolute Gasteiger partial charge is 1.00 e. The van der Waals surface area contributed by atoms with Crippen LogP contribution in [0, 0.1) is 5.92 Å². The van der Waals surface area contributed by atoms with Gasteiger partial charge in [-0.2, -0.15) is 0 Å². The first kappa shape index (κ1) is 14.3. The molecular formula is C8H18I2N2O. The molecule has 4 N–H and O–H groups in total. The lowest BCUT2D eigenvalue weighted by Gasteiger charge is -2.30. The van der Waals surface area contributed by atoms with Gasteiger partial charge in [0.25, 0.3) is 0 Å². The molecule has 3 nitrogen and oxygen atoms in total. The molecule has 1 aliphatic heterocycles. The van der Waals surface area contributed by atoms with Crippen LogP contribution in [0.1, 0.15) is 12.8 Å². The minimum atomic E-state index is -0.602. The standard InChI is InChI=1S/C8H17IN2O.HI/c9-3-5-11-4-1-2-7(6-11)8(10)12;/h7-8,12H,1-6,10H2;1H. The summed E-state index contributed by atoms with van der Waals surface area (Å²) in [6, 6.07) is 0. The zero-order valence-electron chi connectivity index (χ0n) is 7.68. The Morgan fingerprint density at radius 3 is 2.85 bits per heavy atom. The smallest absolute Gasteiger partial charge is 0.110 e. The third kappa shape index (κ3) is 5.10. The number of hydrogen-bond donors (Lipinski definition) is 3. The highest BCUT2D eigenvalue weighted by Gasteiger charge is 2.25. The predicted octanol–water partition coefficient (Wildman–Crippen LogP) is -4.00. The van der Waals surface area contributed by atoms with Crippen LogP contribution in [-0.2, 0) is 0 Å². The topological polar surface area (TPSA) is 50.7 Å². The number of aliphatic hydroxyl groups excluding tert-OH is 1. The van der Waals surface area contributed by atoms with Gasteiger partial charge >= 0.3 is 0 Å². The Kier molecular flexibility index (Phi) is 8.39. The van der Waals surface area contributed by atoms with E-state index in [1.165, 1.54) is 23.9 Å². The van der Waals surface area contributed by atoms with Crippen molar-refractivity contribution >= 4 is 22.6 Å². The van der Waals surface area contributed by atoms with Crippen LogP contribution >= 0.6 is 22.6 Å². The van der Waals surface area contributed by atoms with Crippen molar-refractivity contribution in [3.8, 4) is 0 Å². The summed E-state index contributed by atoms with van der Waals surface area (Å²) in [6.07, 6.45) is 1.71. The molecule has 0 saturated carbocycles. The van der Waals surface area contributed by atoms with Crippen LogP contribution in [0.3, 0.4) is 0 Å². The normalized spacial score (nSPS) is 30.7. The lowest BCUT2D eigenvalue weighted by atomic mass is 9.97. The van der Waals surface area contributed by atoms with Crippen molar-refractivity contribution in [2.75, 3.05) is 24.1 Å². The molecule has 13 heavy (non-hydrogen) atoms. The number of hydrogen-bond acceptors (Lipinski definition) is 2. The van der Waals surface area contributed by atoms with Crippen LogP contribution in [0.5, 0.6) is 0 Å². The minimum Gasteiger partial charge on any atom is -1.00 e. The molecule has 0 aliphatic carbocycles. The van der Waals surface area contributed by atoms with Crippen LogP contribution in [0.4, 0.5) is 0 Å². The van der Waals surface area contributed by atoms with E-state index in [-0.39, 0.29) is 24.0 Å². The number of halogens is 2. The quantitative estimate of drug-likeness (QED) is 0.252. The van der Waals surface area contributed by atoms with E-state index >= 15 is 0 Å². The molecule has 0 bridgehead atoms. The molecule has 0 aromatic heterocycles. The zero-order chi connectivity index (χ0) is 8.97. The SMILES string of the molecule is NC(O)C1CCC[NH+](CCI)C1.[I-]. The van der Waals surface area contributed by atoms with Crippen molar-refractivity contribution in [2.45, 2.75) is 19.1 Å². The Balaban J connectivity index is 0.00000144. The van der Waals surface area contributed by atoms with E-state index < -0.39 is 6.23 Å². The first-order valence-corrected chi connectivity index (χ1v) is 6.09. The highest BCUT2D eigenvalue weighted by atomic mass is 127. The molecule has 1 fully saturated rings. The number of piperidine rings is 1. The molecule has 5 heteroatoms. The Hall–Kier alpha value is 1.34. The molecule has 3 atom stereocenters. The molecule has 1 heterocycles. The number of alkyl halides is 1. The van der Waals surface area contributed by atoms with Gasteiger partial charge in [-0.1, -0.05) is 22.6 Å². The van der Waals surface area contributed by atoms with E-state index in [2.05, 4.69) is 22.6 Å². The molecule has 0 amide bonds. The van der Waals surface area contributed by atoms with Crippen LogP contribution in [-0.4, -0.2) is 35.4 Å². The van der Waals surface area contributed by atoms with Gasteiger partial charge in [-0.3, -0.25) is 0 Å². The maximum absolute atomic E-state index is 9.23. The molecule has 1 aliphatic rings. The second-order valence-corrected chi connectivity index (χ2v) is 4.61. The fourth-order valence-corrected chi connectivity index (χ4v) is 2.60. The van der Waals surface area contributed by atoms with Crippen LogP contribution in [0.2, 0.25) is 0 Å². The zero-order valence-corrected chi connectivity index (χ0v) is 12.0. The summed E-state index contributed by atoms with van der Waals surface area (Å²) < 4.78 is 1.19. The van der Waals surface area contributed by atoms with Crippen molar-refractivity contribution in [3.05, 3.63) is 0 Å². The van der Waals surface area contributed by atoms with Gasteiger partial charge in [-0.25, -0.2) is 0 Å². The lowest BCUT2D eigenvalue weighted by Crippen LogP contribution is -3.14. The highest BCUT2D eigenvalue weighted by Crippen LogP contribution is 2.08. The third-order valence-electron chi connectivity index (χ3n) is 2.59. The average molecular weight is 412 g/mol. The number of quaternary nitrogens is 1. The Labute approximate surface area is 111 Å². The molecule has 0 radical (unpaired) electrons. The van der Waals surface area contributed by atoms with E-state index in [9.17, 15) is 5.11 Å². The molecule has 0 aromatic rings. The van der Waals surface area contributed by atoms with Gasteiger partial charge in [0, 0.05) is 10.3 Å². The van der Waals surface area contributed by atoms with Gasteiger partial charge in [0.05, 0.1) is 19.6 Å². The van der Waals surface area contributed by atoms with Crippen molar-refractivity contribution in [2.24, 2.45) is 11.7 Å². The second kappa shape index (κ2) is 7.61. The molecule has 80 valence electrons. The molecule has 3 unspecified atom stereocenters. The maximum atomic E-state index is 9.23. The van der Waals surface area contributed by atoms with Crippen molar-refractivity contribution in [1.29, 1.82) is 0 Å². The van der Waals surface area contributed by atoms with Gasteiger partial charge < -0.3 is 39.7 Å². The van der Waals surface area contributed by atoms with E-state index in [1.807, 2.05) is 0 Å². The number of likely N-dealkylation sites (tertiary alicyclic amines) is 1. The Morgan fingerprint density at radius 2 is 2.31 bits per heavy atom. The summed E-state index contributed by atoms with van der Waals surface area (Å²) in [7, 11) is 0. The number of nitrogens with two attached hydrogens (primary N) is 1. The van der Waals surface area contributed by atoms with Gasteiger partial charge in [0.1, 0.15) is 6.23 Å². The monoisotopic (exact) mass is 412 g/mol. The van der Waals surface area contributed by atoms with Crippen molar-refractivity contribution in [3.63, 3.8) is 0 Å². The second-order valence-electron chi connectivity index (χ2n) is 3.54. The van der Waals surface area contributed by atoms with Gasteiger partial charge in [-0.05, 0) is 12.8 Å². The number of rotatable bonds is 3. The molecule has 1 rings (SSSR count). The average Bonchev–Trinajstić information content (AvgIpc) is 2.05. The van der Waals surface area contributed by atoms with Gasteiger partial charge in [0.2, 0.25) is 0 Å². The van der Waals surface area contributed by atoms with E-state index in [0.717, 1.165) is 13.0 Å². The first-order valence-electron chi connectivity index (χ1n) is 4.57. The Bertz CT molecular complexity index is 133. The lowest BCUT2D eigenvalue weighted by molar-refractivity contribution is -0.906. The number of nitrogens with one attached hydrogen (secondary N) is 1. The summed E-state index contributed by atoms with van der Waals surface area (Å²) in [6.45, 7) is 3.52. The molecule has 0 spiro atoms. The first-order chi connectivity index (χ1) is 5.74. The third-order valence-corrected chi connectivity index (χ3v) is 3.13. The van der Waals surface area contributed by atoms with Crippen LogP contribution in [0.25, 0.3) is 0 Å². The summed E-state index contributed by atoms with van der Waals surface area (Å²) in [5, 5.41) is 9.23. The minimum absolute atomic E-state index is 0. The van der Waals surface area contributed by atoms with Gasteiger partial charge in [0.15, 0.2) is 0 Å². The van der Waals surface area contributed by atoms with E-state index in [1.54, 1.807) is 4.90 Å². The predicted molar refractivity (Wildman–Crippen MR) is 57.4 cm³/mol. The highest BCUT2D eigenvalue weighted by molar-refractivity contribution is 14.1.